The van der Waals surface area contributed by atoms with Crippen LogP contribution in [0.1, 0.15) is 5.56 Å². The first kappa shape index (κ1) is 14.2. The van der Waals surface area contributed by atoms with E-state index in [1.54, 1.807) is 5.31 Å². The van der Waals surface area contributed by atoms with E-state index in [2.05, 4.69) is 75.4 Å². The molecule has 18 heavy (non-hydrogen) atoms. The average Bonchev–Trinajstić information content (AvgIpc) is 2.94. The van der Waals surface area contributed by atoms with Gasteiger partial charge in [-0.15, -0.1) is 0 Å². The number of rotatable bonds is 4. The van der Waals surface area contributed by atoms with Crippen LogP contribution in [0.15, 0.2) is 36.1 Å². The maximum absolute atomic E-state index is 2.59. The number of hydrogen-bond donors (Lipinski definition) is 0. The highest BCUT2D eigenvalue weighted by molar-refractivity contribution is 7.84. The zero-order valence-electron chi connectivity index (χ0n) is 12.5. The maximum atomic E-state index is 2.59. The Balaban J connectivity index is 2.19. The average molecular weight is 293 g/mol. The monoisotopic (exact) mass is 292 g/mol. The fraction of sp³-hybridized carbons (Fsp3) is 0.467. The van der Waals surface area contributed by atoms with E-state index in [0.29, 0.717) is 0 Å². The molecule has 1 aromatic carbocycles. The molecular weight excluding hydrogens is 267 g/mol. The Hall–Kier alpha value is -0.176. The smallest absolute Gasteiger partial charge is 0.0499 e. The van der Waals surface area contributed by atoms with E-state index in [4.69, 9.17) is 0 Å². The predicted octanol–water partition coefficient (Wildman–Crippen LogP) is 5.60. The van der Waals surface area contributed by atoms with Crippen LogP contribution in [0.4, 0.5) is 0 Å². The van der Waals surface area contributed by atoms with Crippen LogP contribution in [0.5, 0.6) is 0 Å². The Labute approximate surface area is 115 Å². The molecule has 0 N–H and O–H groups in total. The maximum Gasteiger partial charge on any atom is 0.0499 e. The van der Waals surface area contributed by atoms with Crippen molar-refractivity contribution in [1.29, 1.82) is 0 Å². The summed E-state index contributed by atoms with van der Waals surface area (Å²) in [6.45, 7) is 15.4. The summed E-state index contributed by atoms with van der Waals surface area (Å²) in [6, 6.07) is 11.0. The summed E-state index contributed by atoms with van der Waals surface area (Å²) in [5, 5.41) is 1.68. The molecule has 0 spiro atoms. The zero-order valence-corrected chi connectivity index (χ0v) is 15.4. The minimum atomic E-state index is -1.06. The number of hydrogen-bond acceptors (Lipinski definition) is 0. The van der Waals surface area contributed by atoms with E-state index >= 15 is 0 Å². The van der Waals surface area contributed by atoms with Gasteiger partial charge in [-0.3, -0.25) is 0 Å². The van der Waals surface area contributed by atoms with E-state index in [9.17, 15) is 0 Å². The van der Waals surface area contributed by atoms with E-state index in [1.165, 1.54) is 5.56 Å². The first-order valence-corrected chi connectivity index (χ1v) is 15.4. The molecule has 2 rings (SSSR count). The zero-order chi connectivity index (χ0) is 13.6. The Morgan fingerprint density at radius 3 is 1.78 bits per heavy atom. The molecule has 1 aromatic rings. The van der Waals surface area contributed by atoms with Crippen molar-refractivity contribution >= 4 is 29.4 Å². The molecule has 0 saturated heterocycles. The second kappa shape index (κ2) is 4.74. The Bertz CT molecular complexity index is 438. The summed E-state index contributed by atoms with van der Waals surface area (Å²) in [5.41, 5.74) is 1.48. The minimum absolute atomic E-state index is 0.0854. The molecule has 1 aliphatic heterocycles. The summed E-state index contributed by atoms with van der Waals surface area (Å²) in [4.78, 5) is 1.04. The third-order valence-electron chi connectivity index (χ3n) is 3.46. The van der Waals surface area contributed by atoms with Crippen molar-refractivity contribution in [2.24, 2.45) is 0 Å². The molecule has 1 atom stereocenters. The van der Waals surface area contributed by atoms with Crippen LogP contribution in [0.2, 0.25) is 39.3 Å². The van der Waals surface area contributed by atoms with Crippen molar-refractivity contribution in [2.45, 2.75) is 44.2 Å². The molecule has 0 saturated carbocycles. The van der Waals surface area contributed by atoms with Gasteiger partial charge < -0.3 is 0 Å². The minimum Gasteiger partial charge on any atom is -0.0693 e. The summed E-state index contributed by atoms with van der Waals surface area (Å²) < 4.78 is 0. The predicted molar refractivity (Wildman–Crippen MR) is 91.8 cm³/mol. The Morgan fingerprint density at radius 1 is 0.833 bits per heavy atom. The van der Waals surface area contributed by atoms with Crippen molar-refractivity contribution in [1.82, 2.24) is 0 Å². The summed E-state index contributed by atoms with van der Waals surface area (Å²) >= 11 is 0. The molecule has 1 aliphatic rings. The molecular formula is C15H25PSi2. The van der Waals surface area contributed by atoms with Crippen LogP contribution in [0.3, 0.4) is 0 Å². The highest BCUT2D eigenvalue weighted by atomic mass is 31.1. The molecule has 1 unspecified atom stereocenters. The van der Waals surface area contributed by atoms with E-state index in [0.717, 1.165) is 4.91 Å². The number of benzene rings is 1. The third-order valence-corrected chi connectivity index (χ3v) is 20.0. The first-order chi connectivity index (χ1) is 8.21. The topological polar surface area (TPSA) is 0 Å². The van der Waals surface area contributed by atoms with E-state index < -0.39 is 16.1 Å². The second-order valence-corrected chi connectivity index (χ2v) is 21.7. The largest absolute Gasteiger partial charge is 0.0693 e. The SMILES string of the molecule is C[Si](C)(C)C(P1C=C1c1ccccc1)[Si](C)(C)C. The van der Waals surface area contributed by atoms with Gasteiger partial charge >= 0.3 is 0 Å². The standard InChI is InChI=1S/C15H25PSi2/c1-17(2,3)15(18(4,5)6)16-12-14(16)13-10-8-7-9-11-13/h7-12,15H,1-6H3. The van der Waals surface area contributed by atoms with Crippen LogP contribution in [0.25, 0.3) is 5.31 Å². The molecule has 1 heterocycles. The van der Waals surface area contributed by atoms with Gasteiger partial charge in [-0.25, -0.2) is 0 Å². The van der Waals surface area contributed by atoms with Crippen LogP contribution < -0.4 is 0 Å². The molecule has 0 fully saturated rings. The lowest BCUT2D eigenvalue weighted by molar-refractivity contribution is 1.46. The molecule has 0 nitrogen and oxygen atoms in total. The van der Waals surface area contributed by atoms with Crippen molar-refractivity contribution in [2.75, 3.05) is 0 Å². The lowest BCUT2D eigenvalue weighted by Gasteiger charge is -2.39. The summed E-state index contributed by atoms with van der Waals surface area (Å²) in [5.74, 6) is 2.59. The molecule has 0 amide bonds. The lowest BCUT2D eigenvalue weighted by atomic mass is 10.2. The molecule has 98 valence electrons. The quantitative estimate of drug-likeness (QED) is 0.500. The van der Waals surface area contributed by atoms with Crippen LogP contribution in [-0.2, 0) is 0 Å². The Morgan fingerprint density at radius 2 is 1.33 bits per heavy atom. The van der Waals surface area contributed by atoms with Gasteiger partial charge in [0, 0.05) is 16.1 Å². The molecule has 0 aromatic heterocycles. The molecule has 0 aliphatic carbocycles. The first-order valence-electron chi connectivity index (χ1n) is 6.77. The van der Waals surface area contributed by atoms with E-state index in [1.807, 2.05) is 0 Å². The molecule has 3 heteroatoms. The molecule has 0 bridgehead atoms. The highest BCUT2D eigenvalue weighted by Crippen LogP contribution is 2.72. The van der Waals surface area contributed by atoms with Gasteiger partial charge in [-0.1, -0.05) is 77.5 Å². The van der Waals surface area contributed by atoms with Gasteiger partial charge in [0.1, 0.15) is 0 Å². The van der Waals surface area contributed by atoms with Gasteiger partial charge in [0.2, 0.25) is 0 Å². The fourth-order valence-electron chi connectivity index (χ4n) is 3.28. The van der Waals surface area contributed by atoms with Gasteiger partial charge in [0.25, 0.3) is 0 Å². The van der Waals surface area contributed by atoms with Crippen LogP contribution in [-0.4, -0.2) is 21.1 Å². The summed E-state index contributed by atoms with van der Waals surface area (Å²) in [7, 11) is -2.03. The fourth-order valence-corrected chi connectivity index (χ4v) is 23.1. The van der Waals surface area contributed by atoms with E-state index in [-0.39, 0.29) is 7.92 Å². The third kappa shape index (κ3) is 3.04. The van der Waals surface area contributed by atoms with Gasteiger partial charge in [0.05, 0.1) is 0 Å². The second-order valence-electron chi connectivity index (χ2n) is 7.42. The van der Waals surface area contributed by atoms with Gasteiger partial charge in [-0.2, -0.15) is 0 Å². The van der Waals surface area contributed by atoms with Crippen molar-refractivity contribution in [3.8, 4) is 0 Å². The van der Waals surface area contributed by atoms with Crippen molar-refractivity contribution < 1.29 is 0 Å². The normalized spacial score (nSPS) is 19.9. The Kier molecular flexibility index (Phi) is 3.75. The van der Waals surface area contributed by atoms with Gasteiger partial charge in [-0.05, 0) is 21.6 Å². The van der Waals surface area contributed by atoms with Gasteiger partial charge in [0.15, 0.2) is 0 Å². The lowest BCUT2D eigenvalue weighted by Crippen LogP contribution is -2.51. The molecule has 0 radical (unpaired) electrons. The van der Waals surface area contributed by atoms with Crippen LogP contribution in [0, 0.1) is 0 Å². The summed E-state index contributed by atoms with van der Waals surface area (Å²) in [6.07, 6.45) is 0. The van der Waals surface area contributed by atoms with Crippen molar-refractivity contribution in [3.05, 3.63) is 41.7 Å². The highest BCUT2D eigenvalue weighted by Gasteiger charge is 2.47. The van der Waals surface area contributed by atoms with Crippen LogP contribution >= 0.6 is 7.92 Å². The van der Waals surface area contributed by atoms with Crippen molar-refractivity contribution in [3.63, 3.8) is 0 Å².